The third-order valence-corrected chi connectivity index (χ3v) is 2.84. The Morgan fingerprint density at radius 2 is 2.24 bits per heavy atom. The summed E-state index contributed by atoms with van der Waals surface area (Å²) in [5.41, 5.74) is 0. The van der Waals surface area contributed by atoms with Gasteiger partial charge in [0.2, 0.25) is 5.91 Å². The van der Waals surface area contributed by atoms with Crippen LogP contribution < -0.4 is 10.6 Å². The second-order valence-electron chi connectivity index (χ2n) is 4.38. The zero-order chi connectivity index (χ0) is 12.7. The van der Waals surface area contributed by atoms with Gasteiger partial charge in [-0.3, -0.25) is 4.79 Å². The predicted molar refractivity (Wildman–Crippen MR) is 65.9 cm³/mol. The lowest BCUT2D eigenvalue weighted by atomic mass is 10.0. The number of amides is 1. The number of carbonyl (C=O) groups excluding carboxylic acids is 1. The van der Waals surface area contributed by atoms with Gasteiger partial charge in [-0.2, -0.15) is 0 Å². The fourth-order valence-corrected chi connectivity index (χ4v) is 1.96. The second-order valence-corrected chi connectivity index (χ2v) is 4.38. The van der Waals surface area contributed by atoms with Crippen LogP contribution in [0.1, 0.15) is 20.8 Å². The van der Waals surface area contributed by atoms with Gasteiger partial charge in [-0.1, -0.05) is 6.92 Å². The SMILES string of the molecule is CCNC1COCC1C(=O)NC(C)COCC. The molecule has 0 aromatic heterocycles. The summed E-state index contributed by atoms with van der Waals surface area (Å²) < 4.78 is 10.6. The molecule has 1 fully saturated rings. The van der Waals surface area contributed by atoms with E-state index >= 15 is 0 Å². The minimum absolute atomic E-state index is 0.0466. The maximum absolute atomic E-state index is 12.0. The zero-order valence-electron chi connectivity index (χ0n) is 11.0. The van der Waals surface area contributed by atoms with Crippen LogP contribution in [0.3, 0.4) is 0 Å². The Hall–Kier alpha value is -0.650. The minimum atomic E-state index is -0.0842. The smallest absolute Gasteiger partial charge is 0.227 e. The summed E-state index contributed by atoms with van der Waals surface area (Å²) in [5.74, 6) is -0.0281. The minimum Gasteiger partial charge on any atom is -0.380 e. The van der Waals surface area contributed by atoms with Crippen LogP contribution in [-0.2, 0) is 14.3 Å². The lowest BCUT2D eigenvalue weighted by Gasteiger charge is -2.20. The van der Waals surface area contributed by atoms with E-state index in [1.54, 1.807) is 0 Å². The Balaban J connectivity index is 2.35. The number of nitrogens with one attached hydrogen (secondary N) is 2. The third-order valence-electron chi connectivity index (χ3n) is 2.84. The van der Waals surface area contributed by atoms with Crippen LogP contribution >= 0.6 is 0 Å². The fraction of sp³-hybridized carbons (Fsp3) is 0.917. The van der Waals surface area contributed by atoms with Gasteiger partial charge in [0.25, 0.3) is 0 Å². The quantitative estimate of drug-likeness (QED) is 0.669. The Bertz CT molecular complexity index is 236. The Kier molecular flexibility index (Phi) is 6.47. The molecule has 0 saturated carbocycles. The van der Waals surface area contributed by atoms with Crippen LogP contribution in [0.5, 0.6) is 0 Å². The first-order chi connectivity index (χ1) is 8.19. The first kappa shape index (κ1) is 14.4. The van der Waals surface area contributed by atoms with E-state index in [0.717, 1.165) is 6.54 Å². The number of carbonyl (C=O) groups is 1. The molecular formula is C12H24N2O3. The average molecular weight is 244 g/mol. The van der Waals surface area contributed by atoms with Crippen molar-refractivity contribution in [1.29, 1.82) is 0 Å². The molecule has 1 heterocycles. The molecule has 17 heavy (non-hydrogen) atoms. The van der Waals surface area contributed by atoms with Gasteiger partial charge in [0, 0.05) is 18.7 Å². The topological polar surface area (TPSA) is 59.6 Å². The molecule has 0 aromatic carbocycles. The molecule has 5 nitrogen and oxygen atoms in total. The number of hydrogen-bond donors (Lipinski definition) is 2. The summed E-state index contributed by atoms with van der Waals surface area (Å²) in [6.45, 7) is 9.13. The van der Waals surface area contributed by atoms with Crippen molar-refractivity contribution in [3.8, 4) is 0 Å². The molecule has 0 aliphatic carbocycles. The highest BCUT2D eigenvalue weighted by molar-refractivity contribution is 5.80. The molecule has 1 saturated heterocycles. The van der Waals surface area contributed by atoms with Crippen molar-refractivity contribution in [2.24, 2.45) is 5.92 Å². The molecule has 1 amide bonds. The monoisotopic (exact) mass is 244 g/mol. The van der Waals surface area contributed by atoms with Crippen LogP contribution in [0, 0.1) is 5.92 Å². The highest BCUT2D eigenvalue weighted by Gasteiger charge is 2.33. The van der Waals surface area contributed by atoms with Gasteiger partial charge >= 0.3 is 0 Å². The van der Waals surface area contributed by atoms with Gasteiger partial charge in [-0.15, -0.1) is 0 Å². The molecule has 2 N–H and O–H groups in total. The summed E-state index contributed by atoms with van der Waals surface area (Å²) in [4.78, 5) is 12.0. The van der Waals surface area contributed by atoms with E-state index in [-0.39, 0.29) is 23.9 Å². The van der Waals surface area contributed by atoms with Crippen molar-refractivity contribution in [3.63, 3.8) is 0 Å². The van der Waals surface area contributed by atoms with E-state index in [0.29, 0.717) is 26.4 Å². The normalized spacial score (nSPS) is 25.8. The Morgan fingerprint density at radius 3 is 2.88 bits per heavy atom. The number of rotatable bonds is 7. The summed E-state index contributed by atoms with van der Waals surface area (Å²) in [6, 6.07) is 0.185. The second kappa shape index (κ2) is 7.63. The maximum Gasteiger partial charge on any atom is 0.227 e. The molecule has 1 aliphatic heterocycles. The highest BCUT2D eigenvalue weighted by Crippen LogP contribution is 2.14. The van der Waals surface area contributed by atoms with Crippen molar-refractivity contribution >= 4 is 5.91 Å². The van der Waals surface area contributed by atoms with Gasteiger partial charge in [-0.25, -0.2) is 0 Å². The molecule has 0 radical (unpaired) electrons. The van der Waals surface area contributed by atoms with E-state index in [1.807, 2.05) is 20.8 Å². The lowest BCUT2D eigenvalue weighted by Crippen LogP contribution is -2.47. The van der Waals surface area contributed by atoms with Gasteiger partial charge < -0.3 is 20.1 Å². The van der Waals surface area contributed by atoms with Crippen molar-refractivity contribution in [2.45, 2.75) is 32.9 Å². The number of ether oxygens (including phenoxy) is 2. The summed E-state index contributed by atoms with van der Waals surface area (Å²) in [7, 11) is 0. The molecule has 0 aromatic rings. The largest absolute Gasteiger partial charge is 0.380 e. The molecule has 3 unspecified atom stereocenters. The molecule has 100 valence electrons. The maximum atomic E-state index is 12.0. The third kappa shape index (κ3) is 4.61. The van der Waals surface area contributed by atoms with Gasteiger partial charge in [0.15, 0.2) is 0 Å². The van der Waals surface area contributed by atoms with Gasteiger partial charge in [0.1, 0.15) is 0 Å². The summed E-state index contributed by atoms with van der Waals surface area (Å²) in [6.07, 6.45) is 0. The first-order valence-electron chi connectivity index (χ1n) is 6.38. The average Bonchev–Trinajstić information content (AvgIpc) is 2.75. The van der Waals surface area contributed by atoms with E-state index in [1.165, 1.54) is 0 Å². The van der Waals surface area contributed by atoms with Crippen molar-refractivity contribution in [2.75, 3.05) is 33.0 Å². The Morgan fingerprint density at radius 1 is 1.47 bits per heavy atom. The zero-order valence-corrected chi connectivity index (χ0v) is 11.0. The summed E-state index contributed by atoms with van der Waals surface area (Å²) in [5, 5.41) is 6.24. The van der Waals surface area contributed by atoms with Crippen LogP contribution in [-0.4, -0.2) is 51.0 Å². The molecule has 1 rings (SSSR count). The molecule has 0 spiro atoms. The Labute approximate surface area is 103 Å². The molecule has 1 aliphatic rings. The van der Waals surface area contributed by atoms with Crippen LogP contribution in [0.15, 0.2) is 0 Å². The number of likely N-dealkylation sites (N-methyl/N-ethyl adjacent to an activating group) is 1. The number of hydrogen-bond acceptors (Lipinski definition) is 4. The van der Waals surface area contributed by atoms with Crippen LogP contribution in [0.25, 0.3) is 0 Å². The molecule has 3 atom stereocenters. The van der Waals surface area contributed by atoms with E-state index in [4.69, 9.17) is 9.47 Å². The lowest BCUT2D eigenvalue weighted by molar-refractivity contribution is -0.126. The van der Waals surface area contributed by atoms with Crippen LogP contribution in [0.4, 0.5) is 0 Å². The first-order valence-corrected chi connectivity index (χ1v) is 6.38. The van der Waals surface area contributed by atoms with E-state index < -0.39 is 0 Å². The summed E-state index contributed by atoms with van der Waals surface area (Å²) >= 11 is 0. The molecular weight excluding hydrogens is 220 g/mol. The van der Waals surface area contributed by atoms with Crippen molar-refractivity contribution in [1.82, 2.24) is 10.6 Å². The van der Waals surface area contributed by atoms with Gasteiger partial charge in [0.05, 0.1) is 25.7 Å². The predicted octanol–water partition coefficient (Wildman–Crippen LogP) is 0.152. The van der Waals surface area contributed by atoms with E-state index in [9.17, 15) is 4.79 Å². The highest BCUT2D eigenvalue weighted by atomic mass is 16.5. The van der Waals surface area contributed by atoms with Gasteiger partial charge in [-0.05, 0) is 20.4 Å². The van der Waals surface area contributed by atoms with Crippen molar-refractivity contribution < 1.29 is 14.3 Å². The van der Waals surface area contributed by atoms with Crippen LogP contribution in [0.2, 0.25) is 0 Å². The molecule has 5 heteroatoms. The molecule has 0 bridgehead atoms. The standard InChI is InChI=1S/C12H24N2O3/c1-4-13-11-8-17-7-10(11)12(15)14-9(3)6-16-5-2/h9-11,13H,4-8H2,1-3H3,(H,14,15). The fourth-order valence-electron chi connectivity index (χ4n) is 1.96. The van der Waals surface area contributed by atoms with Crippen molar-refractivity contribution in [3.05, 3.63) is 0 Å². The van der Waals surface area contributed by atoms with E-state index in [2.05, 4.69) is 10.6 Å².